The van der Waals surface area contributed by atoms with Crippen LogP contribution in [-0.4, -0.2) is 29.0 Å². The predicted octanol–water partition coefficient (Wildman–Crippen LogP) is 1.90. The molecule has 96 valence electrons. The Morgan fingerprint density at radius 3 is 2.59 bits per heavy atom. The first-order valence-corrected chi connectivity index (χ1v) is 5.63. The summed E-state index contributed by atoms with van der Waals surface area (Å²) in [6.45, 7) is 3.36. The summed E-state index contributed by atoms with van der Waals surface area (Å²) in [6.07, 6.45) is -0.269. The maximum atomic E-state index is 13.4. The summed E-state index contributed by atoms with van der Waals surface area (Å²) in [5.74, 6) is -0.293. The zero-order valence-electron chi connectivity index (χ0n) is 10.4. The van der Waals surface area contributed by atoms with Crippen LogP contribution >= 0.6 is 0 Å². The Morgan fingerprint density at radius 2 is 2.12 bits per heavy atom. The minimum Gasteiger partial charge on any atom is -0.494 e. The van der Waals surface area contributed by atoms with Crippen LogP contribution in [0.5, 0.6) is 5.75 Å². The first-order valence-electron chi connectivity index (χ1n) is 5.63. The van der Waals surface area contributed by atoms with E-state index in [2.05, 4.69) is 0 Å². The van der Waals surface area contributed by atoms with Gasteiger partial charge in [0.1, 0.15) is 0 Å². The third kappa shape index (κ3) is 3.41. The van der Waals surface area contributed by atoms with Gasteiger partial charge in [-0.05, 0) is 31.0 Å². The van der Waals surface area contributed by atoms with E-state index in [4.69, 9.17) is 4.74 Å². The lowest BCUT2D eigenvalue weighted by molar-refractivity contribution is -0.0629. The van der Waals surface area contributed by atoms with E-state index in [-0.39, 0.29) is 12.2 Å². The second kappa shape index (κ2) is 5.47. The number of benzene rings is 1. The van der Waals surface area contributed by atoms with Crippen LogP contribution in [0.4, 0.5) is 4.39 Å². The molecule has 0 aromatic heterocycles. The van der Waals surface area contributed by atoms with E-state index in [0.717, 1.165) is 0 Å². The molecule has 0 radical (unpaired) electrons. The summed E-state index contributed by atoms with van der Waals surface area (Å²) in [4.78, 5) is 0. The fourth-order valence-electron chi connectivity index (χ4n) is 1.52. The van der Waals surface area contributed by atoms with Gasteiger partial charge in [-0.25, -0.2) is 4.39 Å². The van der Waals surface area contributed by atoms with E-state index in [9.17, 15) is 14.6 Å². The van der Waals surface area contributed by atoms with Gasteiger partial charge < -0.3 is 14.9 Å². The van der Waals surface area contributed by atoms with E-state index >= 15 is 0 Å². The summed E-state index contributed by atoms with van der Waals surface area (Å²) in [7, 11) is 1.40. The molecule has 2 unspecified atom stereocenters. The van der Waals surface area contributed by atoms with Crippen LogP contribution in [0.15, 0.2) is 18.2 Å². The van der Waals surface area contributed by atoms with Gasteiger partial charge in [0.05, 0.1) is 18.8 Å². The lowest BCUT2D eigenvalue weighted by Crippen LogP contribution is -2.39. The molecule has 0 amide bonds. The zero-order chi connectivity index (χ0) is 13.1. The Morgan fingerprint density at radius 1 is 1.47 bits per heavy atom. The first kappa shape index (κ1) is 13.9. The van der Waals surface area contributed by atoms with Gasteiger partial charge in [-0.2, -0.15) is 0 Å². The van der Waals surface area contributed by atoms with E-state index in [0.29, 0.717) is 12.0 Å². The summed E-state index contributed by atoms with van der Waals surface area (Å²) in [6, 6.07) is 4.50. The first-order chi connectivity index (χ1) is 7.90. The van der Waals surface area contributed by atoms with Gasteiger partial charge in [-0.3, -0.25) is 0 Å². The molecule has 0 heterocycles. The number of aliphatic hydroxyl groups is 2. The van der Waals surface area contributed by atoms with Crippen LogP contribution in [0.25, 0.3) is 0 Å². The minimum atomic E-state index is -1.16. The van der Waals surface area contributed by atoms with Crippen molar-refractivity contribution in [2.75, 3.05) is 7.11 Å². The van der Waals surface area contributed by atoms with Crippen molar-refractivity contribution in [2.45, 2.75) is 38.4 Å². The Hall–Kier alpha value is -1.13. The van der Waals surface area contributed by atoms with E-state index in [1.807, 2.05) is 0 Å². The Labute approximate surface area is 101 Å². The molecule has 2 atom stereocenters. The highest BCUT2D eigenvalue weighted by Crippen LogP contribution is 2.22. The smallest absolute Gasteiger partial charge is 0.165 e. The minimum absolute atomic E-state index is 0.172. The molecule has 0 saturated heterocycles. The van der Waals surface area contributed by atoms with Crippen molar-refractivity contribution in [3.05, 3.63) is 29.6 Å². The topological polar surface area (TPSA) is 49.7 Å². The number of aliphatic hydroxyl groups excluding tert-OH is 1. The van der Waals surface area contributed by atoms with Crippen LogP contribution in [0.1, 0.15) is 25.8 Å². The van der Waals surface area contributed by atoms with Gasteiger partial charge in [0, 0.05) is 6.42 Å². The van der Waals surface area contributed by atoms with Crippen molar-refractivity contribution in [3.8, 4) is 5.75 Å². The number of hydrogen-bond acceptors (Lipinski definition) is 3. The van der Waals surface area contributed by atoms with Gasteiger partial charge in [-0.1, -0.05) is 13.0 Å². The number of hydrogen-bond donors (Lipinski definition) is 2. The van der Waals surface area contributed by atoms with Crippen molar-refractivity contribution < 1.29 is 19.3 Å². The summed E-state index contributed by atoms with van der Waals surface area (Å²) in [5.41, 5.74) is -0.527. The second-order valence-electron chi connectivity index (χ2n) is 4.40. The monoisotopic (exact) mass is 242 g/mol. The number of ether oxygens (including phenoxy) is 1. The normalized spacial score (nSPS) is 16.4. The van der Waals surface area contributed by atoms with Crippen molar-refractivity contribution in [3.63, 3.8) is 0 Å². The molecular formula is C13H19FO3. The van der Waals surface area contributed by atoms with Gasteiger partial charge in [-0.15, -0.1) is 0 Å². The molecule has 0 aliphatic heterocycles. The maximum Gasteiger partial charge on any atom is 0.165 e. The second-order valence-corrected chi connectivity index (χ2v) is 4.40. The largest absolute Gasteiger partial charge is 0.494 e. The fraction of sp³-hybridized carbons (Fsp3) is 0.538. The molecule has 0 aliphatic rings. The highest BCUT2D eigenvalue weighted by molar-refractivity contribution is 5.29. The standard InChI is InChI=1S/C13H19FO3/c1-4-13(2,16)12(15)8-9-5-6-11(17-3)10(14)7-9/h5-7,12,15-16H,4,8H2,1-3H3. The van der Waals surface area contributed by atoms with E-state index in [1.165, 1.54) is 19.2 Å². The molecule has 3 nitrogen and oxygen atoms in total. The van der Waals surface area contributed by atoms with Gasteiger partial charge in [0.2, 0.25) is 0 Å². The Balaban J connectivity index is 2.79. The van der Waals surface area contributed by atoms with Crippen LogP contribution in [0.2, 0.25) is 0 Å². The van der Waals surface area contributed by atoms with Crippen molar-refractivity contribution in [1.82, 2.24) is 0 Å². The highest BCUT2D eigenvalue weighted by atomic mass is 19.1. The maximum absolute atomic E-state index is 13.4. The number of halogens is 1. The number of methoxy groups -OCH3 is 1. The van der Waals surface area contributed by atoms with Gasteiger partial charge in [0.25, 0.3) is 0 Å². The van der Waals surface area contributed by atoms with Crippen LogP contribution < -0.4 is 4.74 Å². The predicted molar refractivity (Wildman–Crippen MR) is 63.6 cm³/mol. The molecule has 1 aromatic carbocycles. The molecule has 0 spiro atoms. The summed E-state index contributed by atoms with van der Waals surface area (Å²) >= 11 is 0. The molecular weight excluding hydrogens is 223 g/mol. The van der Waals surface area contributed by atoms with Crippen LogP contribution in [0, 0.1) is 5.82 Å². The van der Waals surface area contributed by atoms with Crippen molar-refractivity contribution in [1.29, 1.82) is 0 Å². The molecule has 0 saturated carbocycles. The molecule has 4 heteroatoms. The molecule has 0 aliphatic carbocycles. The third-order valence-corrected chi connectivity index (χ3v) is 3.08. The molecule has 1 aromatic rings. The lowest BCUT2D eigenvalue weighted by atomic mass is 9.91. The zero-order valence-corrected chi connectivity index (χ0v) is 10.4. The SMILES string of the molecule is CCC(C)(O)C(O)Cc1ccc(OC)c(F)c1. The van der Waals surface area contributed by atoms with Crippen LogP contribution in [-0.2, 0) is 6.42 Å². The van der Waals surface area contributed by atoms with Crippen molar-refractivity contribution in [2.24, 2.45) is 0 Å². The van der Waals surface area contributed by atoms with Crippen LogP contribution in [0.3, 0.4) is 0 Å². The summed E-state index contributed by atoms with van der Waals surface area (Å²) in [5, 5.41) is 19.7. The quantitative estimate of drug-likeness (QED) is 0.829. The molecule has 2 N–H and O–H groups in total. The molecule has 0 fully saturated rings. The average Bonchev–Trinajstić information content (AvgIpc) is 2.29. The van der Waals surface area contributed by atoms with Crippen molar-refractivity contribution >= 4 is 0 Å². The molecule has 1 rings (SSSR count). The third-order valence-electron chi connectivity index (χ3n) is 3.08. The van der Waals surface area contributed by atoms with E-state index < -0.39 is 17.5 Å². The molecule has 0 bridgehead atoms. The Kier molecular flexibility index (Phi) is 4.48. The fourth-order valence-corrected chi connectivity index (χ4v) is 1.52. The number of rotatable bonds is 5. The van der Waals surface area contributed by atoms with Gasteiger partial charge >= 0.3 is 0 Å². The Bertz CT molecular complexity index is 377. The molecule has 17 heavy (non-hydrogen) atoms. The average molecular weight is 242 g/mol. The lowest BCUT2D eigenvalue weighted by Gasteiger charge is -2.27. The van der Waals surface area contributed by atoms with Gasteiger partial charge in [0.15, 0.2) is 11.6 Å². The summed E-state index contributed by atoms with van der Waals surface area (Å²) < 4.78 is 18.2. The van der Waals surface area contributed by atoms with E-state index in [1.54, 1.807) is 19.9 Å². The highest BCUT2D eigenvalue weighted by Gasteiger charge is 2.28.